The molecular formula is C79H71N7O7. The number of hydrogen-bond donors (Lipinski definition) is 6. The topological polar surface area (TPSA) is 214 Å². The molecule has 0 bridgehead atoms. The average molecular weight is 1230 g/mol. The highest BCUT2D eigenvalue weighted by molar-refractivity contribution is 6.00. The van der Waals surface area contributed by atoms with Crippen molar-refractivity contribution in [3.8, 4) is 11.8 Å². The standard InChI is InChI=1S/C79H71N7O7/c1-49(87)53(34-57-43-80-67-24-10-5-19-62(57)67)39-74(88)54(35-58-44-81-68-25-11-6-20-63(58)68)40-75(89)55(36-59-45-82-69-26-12-7-21-64(59)69)41-76(90)56(37-60-46-83-70-27-13-8-22-65(60)70)42-77(91)72(38-61-47-84-71-28-14-9-23-66(61)71)85-78(92)32-33-79(93)86-48-52-18-3-2-16-50(52)30-31-51-17-4-15-29-73(51)86/h2-29,43-47,53-56,72,80-84H,32-42,48H2,1H3,(H,85,92). The fraction of sp³-hybridized carbons (Fsp3) is 0.228. The van der Waals surface area contributed by atoms with Crippen LogP contribution in [-0.2, 0) is 72.2 Å². The molecule has 0 saturated heterocycles. The third-order valence-corrected chi connectivity index (χ3v) is 18.9. The first-order chi connectivity index (χ1) is 45.4. The van der Waals surface area contributed by atoms with Crippen molar-refractivity contribution in [2.75, 3.05) is 4.90 Å². The zero-order valence-electron chi connectivity index (χ0n) is 51.7. The number of Topliss-reactive ketones (excluding diaryl/α,β-unsaturated/α-hetero) is 5. The number of nitrogens with one attached hydrogen (secondary N) is 6. The molecule has 5 unspecified atom stereocenters. The molecular weight excluding hydrogens is 1160 g/mol. The summed E-state index contributed by atoms with van der Waals surface area (Å²) in [6.45, 7) is 1.77. The Bertz CT molecular complexity index is 4890. The first-order valence-electron chi connectivity index (χ1n) is 32.0. The number of fused-ring (bicyclic) bond motifs is 7. The summed E-state index contributed by atoms with van der Waals surface area (Å²) in [6.07, 6.45) is 9.06. The van der Waals surface area contributed by atoms with E-state index in [0.717, 1.165) is 93.5 Å². The van der Waals surface area contributed by atoms with E-state index < -0.39 is 35.6 Å². The van der Waals surface area contributed by atoms with Gasteiger partial charge in [0, 0.05) is 165 Å². The first kappa shape index (κ1) is 61.0. The largest absolute Gasteiger partial charge is 0.361 e. The lowest BCUT2D eigenvalue weighted by molar-refractivity contribution is -0.134. The van der Waals surface area contributed by atoms with Crippen molar-refractivity contribution in [1.82, 2.24) is 30.2 Å². The Hall–Kier alpha value is -10.9. The van der Waals surface area contributed by atoms with Crippen LogP contribution in [0.5, 0.6) is 0 Å². The van der Waals surface area contributed by atoms with Gasteiger partial charge in [0.1, 0.15) is 23.1 Å². The number of para-hydroxylation sites is 6. The maximum atomic E-state index is 15.8. The van der Waals surface area contributed by atoms with Crippen LogP contribution in [0.25, 0.3) is 54.5 Å². The monoisotopic (exact) mass is 1230 g/mol. The molecule has 5 aromatic heterocycles. The summed E-state index contributed by atoms with van der Waals surface area (Å²) in [5, 5.41) is 7.59. The summed E-state index contributed by atoms with van der Waals surface area (Å²) in [5.74, 6) is 0.941. The second kappa shape index (κ2) is 27.3. The quantitative estimate of drug-likeness (QED) is 0.0274. The Morgan fingerprint density at radius 1 is 0.398 bits per heavy atom. The van der Waals surface area contributed by atoms with Crippen molar-refractivity contribution in [2.24, 2.45) is 23.7 Å². The van der Waals surface area contributed by atoms with Gasteiger partial charge in [-0.1, -0.05) is 133 Å². The predicted molar refractivity (Wildman–Crippen MR) is 364 cm³/mol. The van der Waals surface area contributed by atoms with Gasteiger partial charge in [-0.3, -0.25) is 33.6 Å². The molecule has 0 aliphatic carbocycles. The lowest BCUT2D eigenvalue weighted by Gasteiger charge is -2.26. The minimum absolute atomic E-state index is 0.0832. The molecule has 7 aromatic carbocycles. The van der Waals surface area contributed by atoms with Crippen molar-refractivity contribution in [1.29, 1.82) is 0 Å². The summed E-state index contributed by atoms with van der Waals surface area (Å²) in [5.41, 5.74) is 11.6. The number of aromatic nitrogens is 5. The van der Waals surface area contributed by atoms with Gasteiger partial charge < -0.3 is 35.1 Å². The number of benzene rings is 7. The number of nitrogens with zero attached hydrogens (tertiary/aromatic N) is 1. The predicted octanol–water partition coefficient (Wildman–Crippen LogP) is 13.7. The number of rotatable bonds is 27. The van der Waals surface area contributed by atoms with Crippen molar-refractivity contribution < 1.29 is 33.6 Å². The molecule has 2 amide bonds. The zero-order valence-corrected chi connectivity index (χ0v) is 51.7. The SMILES string of the molecule is CC(=O)C(CC(=O)C(CC(=O)C(CC(=O)C(CC(=O)C(Cc1c[nH]c2ccccc12)NC(=O)CCC(=O)N1Cc2ccccc2C#Cc2ccccc21)Cc1c[nH]c2ccccc12)Cc1c[nH]c2ccccc12)Cc1c[nH]c2ccccc12)Cc1c[nH]c2ccccc12. The molecule has 6 N–H and O–H groups in total. The third-order valence-electron chi connectivity index (χ3n) is 18.9. The Morgan fingerprint density at radius 3 is 1.18 bits per heavy atom. The number of amides is 2. The fourth-order valence-electron chi connectivity index (χ4n) is 13.7. The van der Waals surface area contributed by atoms with Gasteiger partial charge in [0.2, 0.25) is 11.8 Å². The Labute approximate surface area is 538 Å². The molecule has 14 heteroatoms. The first-order valence-corrected chi connectivity index (χ1v) is 32.0. The van der Waals surface area contributed by atoms with Crippen LogP contribution in [0.3, 0.4) is 0 Å². The van der Waals surface area contributed by atoms with Gasteiger partial charge >= 0.3 is 0 Å². The highest BCUT2D eigenvalue weighted by Gasteiger charge is 2.36. The van der Waals surface area contributed by atoms with Crippen LogP contribution in [0.15, 0.2) is 201 Å². The lowest BCUT2D eigenvalue weighted by Crippen LogP contribution is -2.44. The van der Waals surface area contributed by atoms with Crippen molar-refractivity contribution >= 4 is 101 Å². The van der Waals surface area contributed by atoms with Crippen LogP contribution in [0.1, 0.15) is 90.0 Å². The zero-order chi connectivity index (χ0) is 64.0. The molecule has 0 spiro atoms. The minimum atomic E-state index is -1.12. The van der Waals surface area contributed by atoms with Crippen molar-refractivity contribution in [3.05, 3.63) is 245 Å². The van der Waals surface area contributed by atoms with Crippen molar-refractivity contribution in [2.45, 2.75) is 90.1 Å². The number of H-pyrrole nitrogens is 5. The number of carbonyl (C=O) groups excluding carboxylic acids is 7. The molecule has 1 aliphatic heterocycles. The van der Waals surface area contributed by atoms with Gasteiger partial charge in [-0.25, -0.2) is 0 Å². The molecule has 464 valence electrons. The van der Waals surface area contributed by atoms with E-state index in [1.54, 1.807) is 4.90 Å². The van der Waals surface area contributed by atoms with Crippen LogP contribution in [0.4, 0.5) is 5.69 Å². The number of carbonyl (C=O) groups is 7. The Kier molecular flexibility index (Phi) is 17.9. The molecule has 0 saturated carbocycles. The van der Waals surface area contributed by atoms with Gasteiger partial charge in [0.15, 0.2) is 5.78 Å². The van der Waals surface area contributed by atoms with Crippen LogP contribution in [0.2, 0.25) is 0 Å². The average Bonchev–Trinajstić information content (AvgIpc) is 1.34. The summed E-state index contributed by atoms with van der Waals surface area (Å²) >= 11 is 0. The van der Waals surface area contributed by atoms with E-state index in [9.17, 15) is 14.4 Å². The lowest BCUT2D eigenvalue weighted by atomic mass is 9.78. The van der Waals surface area contributed by atoms with E-state index in [0.29, 0.717) is 17.7 Å². The number of anilines is 1. The van der Waals surface area contributed by atoms with E-state index in [1.165, 1.54) is 6.92 Å². The number of ketones is 5. The van der Waals surface area contributed by atoms with Crippen LogP contribution >= 0.6 is 0 Å². The van der Waals surface area contributed by atoms with E-state index >= 15 is 19.2 Å². The maximum Gasteiger partial charge on any atom is 0.227 e. The van der Waals surface area contributed by atoms with E-state index in [-0.39, 0.29) is 106 Å². The molecule has 12 aromatic rings. The van der Waals surface area contributed by atoms with E-state index in [1.807, 2.05) is 201 Å². The summed E-state index contributed by atoms with van der Waals surface area (Å²) in [4.78, 5) is 123. The van der Waals surface area contributed by atoms with Gasteiger partial charge in [0.05, 0.1) is 18.3 Å². The minimum Gasteiger partial charge on any atom is -0.361 e. The molecule has 0 fully saturated rings. The highest BCUT2D eigenvalue weighted by atomic mass is 16.2. The fourth-order valence-corrected chi connectivity index (χ4v) is 13.7. The summed E-state index contributed by atoms with van der Waals surface area (Å²) in [7, 11) is 0. The Balaban J connectivity index is 0.804. The van der Waals surface area contributed by atoms with E-state index in [4.69, 9.17) is 0 Å². The van der Waals surface area contributed by atoms with Gasteiger partial charge in [0.25, 0.3) is 0 Å². The molecule has 6 heterocycles. The van der Waals surface area contributed by atoms with Crippen LogP contribution in [-0.4, -0.2) is 71.7 Å². The molecule has 14 nitrogen and oxygen atoms in total. The molecule has 5 atom stereocenters. The second-order valence-corrected chi connectivity index (χ2v) is 24.9. The highest BCUT2D eigenvalue weighted by Crippen LogP contribution is 2.34. The molecule has 93 heavy (non-hydrogen) atoms. The smallest absolute Gasteiger partial charge is 0.227 e. The molecule has 13 rings (SSSR count). The number of aromatic amines is 5. The van der Waals surface area contributed by atoms with Gasteiger partial charge in [-0.05, 0) is 115 Å². The Morgan fingerprint density at radius 2 is 0.742 bits per heavy atom. The molecule has 1 aliphatic rings. The molecule has 0 radical (unpaired) electrons. The maximum absolute atomic E-state index is 15.8. The van der Waals surface area contributed by atoms with E-state index in [2.05, 4.69) is 42.1 Å². The third kappa shape index (κ3) is 13.6. The van der Waals surface area contributed by atoms with Crippen LogP contribution < -0.4 is 10.2 Å². The van der Waals surface area contributed by atoms with Gasteiger partial charge in [-0.2, -0.15) is 0 Å². The second-order valence-electron chi connectivity index (χ2n) is 24.9. The number of hydrogen-bond acceptors (Lipinski definition) is 7. The van der Waals surface area contributed by atoms with Crippen LogP contribution in [0, 0.1) is 35.5 Å². The van der Waals surface area contributed by atoms with Gasteiger partial charge in [-0.15, -0.1) is 0 Å². The summed E-state index contributed by atoms with van der Waals surface area (Å²) in [6, 6.07) is 52.9. The normalized spacial score (nSPS) is 13.7. The van der Waals surface area contributed by atoms with Crippen molar-refractivity contribution in [3.63, 3.8) is 0 Å². The summed E-state index contributed by atoms with van der Waals surface area (Å²) < 4.78 is 0.